The fraction of sp³-hybridized carbons (Fsp3) is 0.143. The maximum absolute atomic E-state index is 11.6. The summed E-state index contributed by atoms with van der Waals surface area (Å²) in [4.78, 5) is 26.1. The Morgan fingerprint density at radius 1 is 1.23 bits per heavy atom. The van der Waals surface area contributed by atoms with Gasteiger partial charge in [0, 0.05) is 11.1 Å². The van der Waals surface area contributed by atoms with Gasteiger partial charge in [-0.25, -0.2) is 5.48 Å². The summed E-state index contributed by atoms with van der Waals surface area (Å²) >= 11 is 0.867. The Balaban J connectivity index is 1.71. The number of nitrogens with one attached hydrogen (secondary N) is 3. The first kappa shape index (κ1) is 15.9. The summed E-state index contributed by atoms with van der Waals surface area (Å²) in [5.74, 6) is 0.443. The summed E-state index contributed by atoms with van der Waals surface area (Å²) in [6.07, 6.45) is 1.68. The van der Waals surface area contributed by atoms with Crippen molar-refractivity contribution in [2.75, 3.05) is 13.2 Å². The lowest BCUT2D eigenvalue weighted by Gasteiger charge is -2.08. The predicted octanol–water partition coefficient (Wildman–Crippen LogP) is 2.01. The van der Waals surface area contributed by atoms with Crippen LogP contribution in [0.1, 0.15) is 10.5 Å². The number of carbonyl (C=O) groups excluding carboxylic acids is 2. The van der Waals surface area contributed by atoms with E-state index in [1.54, 1.807) is 48.1 Å². The largest absolute Gasteiger partial charge is 0.492 e. The van der Waals surface area contributed by atoms with Crippen LogP contribution >= 0.6 is 11.8 Å². The van der Waals surface area contributed by atoms with Crippen LogP contribution in [-0.2, 0) is 0 Å². The highest BCUT2D eigenvalue weighted by atomic mass is 32.2. The topological polar surface area (TPSA) is 103 Å². The van der Waals surface area contributed by atoms with Crippen LogP contribution in [0.15, 0.2) is 47.5 Å². The molecule has 0 atom stereocenters. The zero-order chi connectivity index (χ0) is 15.8. The summed E-state index contributed by atoms with van der Waals surface area (Å²) in [5.41, 5.74) is 2.05. The van der Waals surface area contributed by atoms with Crippen LogP contribution in [0, 0.1) is 0 Å². The Morgan fingerprint density at radius 3 is 2.64 bits per heavy atom. The van der Waals surface area contributed by atoms with E-state index in [2.05, 4.69) is 10.3 Å². The van der Waals surface area contributed by atoms with Gasteiger partial charge < -0.3 is 15.0 Å². The van der Waals surface area contributed by atoms with Gasteiger partial charge >= 0.3 is 5.24 Å². The fourth-order valence-electron chi connectivity index (χ4n) is 1.63. The van der Waals surface area contributed by atoms with Gasteiger partial charge in [-0.15, -0.1) is 0 Å². The zero-order valence-electron chi connectivity index (χ0n) is 11.5. The SMILES string of the molecule is O=C(NO)Sc1ccc(OCCNC(=O)c2ccc[nH]2)cc1. The molecule has 7 nitrogen and oxygen atoms in total. The lowest BCUT2D eigenvalue weighted by atomic mass is 10.3. The summed E-state index contributed by atoms with van der Waals surface area (Å²) in [6, 6.07) is 10.3. The molecular weight excluding hydrogens is 306 g/mol. The van der Waals surface area contributed by atoms with Gasteiger partial charge in [0.2, 0.25) is 0 Å². The van der Waals surface area contributed by atoms with Crippen LogP contribution in [0.3, 0.4) is 0 Å². The third kappa shape index (κ3) is 4.83. The molecule has 1 heterocycles. The van der Waals surface area contributed by atoms with Crippen LogP contribution in [0.5, 0.6) is 5.75 Å². The summed E-state index contributed by atoms with van der Waals surface area (Å²) < 4.78 is 5.48. The number of carbonyl (C=O) groups is 2. The van der Waals surface area contributed by atoms with Gasteiger partial charge in [0.15, 0.2) is 0 Å². The molecule has 1 aromatic carbocycles. The minimum Gasteiger partial charge on any atom is -0.492 e. The lowest BCUT2D eigenvalue weighted by Crippen LogP contribution is -2.28. The van der Waals surface area contributed by atoms with Crippen LogP contribution in [0.4, 0.5) is 4.79 Å². The van der Waals surface area contributed by atoms with Crippen molar-refractivity contribution in [2.24, 2.45) is 0 Å². The van der Waals surface area contributed by atoms with Crippen molar-refractivity contribution >= 4 is 22.9 Å². The van der Waals surface area contributed by atoms with Gasteiger partial charge in [0.25, 0.3) is 5.91 Å². The number of thioether (sulfide) groups is 1. The molecule has 0 unspecified atom stereocenters. The Morgan fingerprint density at radius 2 is 2.00 bits per heavy atom. The molecule has 0 aliphatic carbocycles. The van der Waals surface area contributed by atoms with Crippen LogP contribution < -0.4 is 15.5 Å². The van der Waals surface area contributed by atoms with Crippen molar-refractivity contribution < 1.29 is 19.5 Å². The lowest BCUT2D eigenvalue weighted by molar-refractivity contribution is 0.0942. The van der Waals surface area contributed by atoms with Crippen LogP contribution in [0.25, 0.3) is 0 Å². The van der Waals surface area contributed by atoms with E-state index in [9.17, 15) is 9.59 Å². The first-order valence-corrected chi connectivity index (χ1v) is 7.27. The number of rotatable bonds is 6. The van der Waals surface area contributed by atoms with Crippen molar-refractivity contribution in [1.29, 1.82) is 0 Å². The molecule has 4 N–H and O–H groups in total. The number of hydroxylamine groups is 1. The minimum absolute atomic E-state index is 0.185. The molecule has 22 heavy (non-hydrogen) atoms. The molecular formula is C14H15N3O4S. The van der Waals surface area contributed by atoms with E-state index in [-0.39, 0.29) is 5.91 Å². The molecule has 2 rings (SSSR count). The van der Waals surface area contributed by atoms with Gasteiger partial charge in [0.05, 0.1) is 6.54 Å². The Hall–Kier alpha value is -2.45. The molecule has 0 saturated heterocycles. The van der Waals surface area contributed by atoms with Crippen LogP contribution in [0.2, 0.25) is 0 Å². The van der Waals surface area contributed by atoms with Crippen molar-refractivity contribution in [3.05, 3.63) is 48.3 Å². The quantitative estimate of drug-likeness (QED) is 0.282. The Kier molecular flexibility index (Phi) is 5.87. The number of benzene rings is 1. The van der Waals surface area contributed by atoms with E-state index >= 15 is 0 Å². The highest BCUT2D eigenvalue weighted by molar-refractivity contribution is 8.13. The maximum Gasteiger partial charge on any atom is 0.307 e. The van der Waals surface area contributed by atoms with Crippen LogP contribution in [-0.4, -0.2) is 34.5 Å². The number of H-pyrrole nitrogens is 1. The fourth-order valence-corrected chi connectivity index (χ4v) is 2.17. The second kappa shape index (κ2) is 8.11. The monoisotopic (exact) mass is 321 g/mol. The molecule has 0 radical (unpaired) electrons. The molecule has 0 aliphatic heterocycles. The number of hydrogen-bond donors (Lipinski definition) is 4. The Bertz CT molecular complexity index is 614. The van der Waals surface area contributed by atoms with E-state index in [0.29, 0.717) is 29.5 Å². The van der Waals surface area contributed by atoms with Gasteiger partial charge in [0.1, 0.15) is 18.1 Å². The minimum atomic E-state index is -0.555. The molecule has 2 amide bonds. The first-order valence-electron chi connectivity index (χ1n) is 6.45. The summed E-state index contributed by atoms with van der Waals surface area (Å²) in [5, 5.41) is 10.6. The van der Waals surface area contributed by atoms with E-state index < -0.39 is 5.24 Å². The molecule has 2 aromatic rings. The highest BCUT2D eigenvalue weighted by Crippen LogP contribution is 2.21. The van der Waals surface area contributed by atoms with Crippen molar-refractivity contribution in [2.45, 2.75) is 4.90 Å². The van der Waals surface area contributed by atoms with Gasteiger partial charge in [-0.3, -0.25) is 14.8 Å². The molecule has 0 bridgehead atoms. The predicted molar refractivity (Wildman–Crippen MR) is 81.2 cm³/mol. The van der Waals surface area contributed by atoms with Crippen molar-refractivity contribution in [3.8, 4) is 5.75 Å². The molecule has 0 aliphatic rings. The summed E-state index contributed by atoms with van der Waals surface area (Å²) in [7, 11) is 0. The van der Waals surface area contributed by atoms with Gasteiger partial charge in [-0.1, -0.05) is 0 Å². The molecule has 0 saturated carbocycles. The first-order chi connectivity index (χ1) is 10.7. The average molecular weight is 321 g/mol. The third-order valence-electron chi connectivity index (χ3n) is 2.62. The smallest absolute Gasteiger partial charge is 0.307 e. The van der Waals surface area contributed by atoms with E-state index in [1.807, 2.05) is 0 Å². The van der Waals surface area contributed by atoms with E-state index in [4.69, 9.17) is 9.94 Å². The molecule has 8 heteroatoms. The number of aromatic amines is 1. The number of aromatic nitrogens is 1. The molecule has 0 fully saturated rings. The van der Waals surface area contributed by atoms with Gasteiger partial charge in [-0.05, 0) is 48.2 Å². The maximum atomic E-state index is 11.6. The summed E-state index contributed by atoms with van der Waals surface area (Å²) in [6.45, 7) is 0.706. The molecule has 0 spiro atoms. The van der Waals surface area contributed by atoms with Crippen molar-refractivity contribution in [1.82, 2.24) is 15.8 Å². The molecule has 116 valence electrons. The third-order valence-corrected chi connectivity index (χ3v) is 3.41. The number of amides is 2. The van der Waals surface area contributed by atoms with Crippen molar-refractivity contribution in [3.63, 3.8) is 0 Å². The highest BCUT2D eigenvalue weighted by Gasteiger charge is 2.05. The number of hydrogen-bond acceptors (Lipinski definition) is 5. The molecule has 1 aromatic heterocycles. The number of ether oxygens (including phenoxy) is 1. The van der Waals surface area contributed by atoms with Gasteiger partial charge in [-0.2, -0.15) is 0 Å². The normalized spacial score (nSPS) is 10.0. The second-order valence-corrected chi connectivity index (χ2v) is 5.21. The van der Waals surface area contributed by atoms with E-state index in [1.165, 1.54) is 0 Å². The standard InChI is InChI=1S/C14H15N3O4S/c18-13(12-2-1-7-15-12)16-8-9-21-10-3-5-11(6-4-10)22-14(19)17-20/h1-7,15,20H,8-9H2,(H,16,18)(H,17,19). The second-order valence-electron chi connectivity index (χ2n) is 4.16. The average Bonchev–Trinajstić information content (AvgIpc) is 3.07. The van der Waals surface area contributed by atoms with E-state index in [0.717, 1.165) is 11.8 Å². The zero-order valence-corrected chi connectivity index (χ0v) is 12.4. The Labute approximate surface area is 131 Å².